The summed E-state index contributed by atoms with van der Waals surface area (Å²) in [6, 6.07) is 3.09. The van der Waals surface area contributed by atoms with E-state index in [0.717, 1.165) is 29.4 Å². The van der Waals surface area contributed by atoms with E-state index in [1.54, 1.807) is 24.5 Å². The molecule has 0 spiro atoms. The van der Waals surface area contributed by atoms with E-state index in [9.17, 15) is 9.59 Å². The van der Waals surface area contributed by atoms with Gasteiger partial charge >= 0.3 is 5.97 Å². The normalized spacial score (nSPS) is 18.8. The number of ether oxygens (including phenoxy) is 1. The quantitative estimate of drug-likeness (QED) is 0.607. The van der Waals surface area contributed by atoms with Crippen molar-refractivity contribution in [2.24, 2.45) is 5.92 Å². The molecule has 0 radical (unpaired) electrons. The summed E-state index contributed by atoms with van der Waals surface area (Å²) < 4.78 is 4.76. The van der Waals surface area contributed by atoms with Crippen LogP contribution in [0.1, 0.15) is 25.5 Å². The summed E-state index contributed by atoms with van der Waals surface area (Å²) in [5.41, 5.74) is 2.38. The monoisotopic (exact) mass is 398 g/mol. The van der Waals surface area contributed by atoms with Gasteiger partial charge in [-0.15, -0.1) is 0 Å². The number of anilines is 1. The molecule has 0 aromatic carbocycles. The van der Waals surface area contributed by atoms with Gasteiger partial charge < -0.3 is 15.4 Å². The molecule has 0 saturated heterocycles. The van der Waals surface area contributed by atoms with Gasteiger partial charge in [-0.05, 0) is 43.5 Å². The van der Waals surface area contributed by atoms with Gasteiger partial charge in [-0.3, -0.25) is 4.79 Å². The van der Waals surface area contributed by atoms with Crippen molar-refractivity contribution in [3.8, 4) is 0 Å². The van der Waals surface area contributed by atoms with Crippen molar-refractivity contribution in [2.45, 2.75) is 25.8 Å². The van der Waals surface area contributed by atoms with Crippen LogP contribution in [0.2, 0.25) is 5.15 Å². The largest absolute Gasteiger partial charge is 0.467 e. The van der Waals surface area contributed by atoms with Crippen LogP contribution < -0.4 is 10.6 Å². The van der Waals surface area contributed by atoms with Gasteiger partial charge in [0.1, 0.15) is 17.0 Å². The Balaban J connectivity index is 1.62. The van der Waals surface area contributed by atoms with Gasteiger partial charge in [0.2, 0.25) is 5.91 Å². The number of halogens is 1. The van der Waals surface area contributed by atoms with E-state index >= 15 is 0 Å². The Morgan fingerprint density at radius 3 is 2.79 bits per heavy atom. The summed E-state index contributed by atoms with van der Waals surface area (Å²) in [5, 5.41) is 7.66. The van der Waals surface area contributed by atoms with E-state index in [2.05, 4.69) is 20.6 Å². The third kappa shape index (κ3) is 3.57. The van der Waals surface area contributed by atoms with Crippen molar-refractivity contribution in [3.63, 3.8) is 0 Å². The number of esters is 1. The lowest BCUT2D eigenvalue weighted by molar-refractivity contribution is -0.141. The number of carbonyl (C=O) groups is 2. The first kappa shape index (κ1) is 18.4. The molecule has 3 heterocycles. The first-order chi connectivity index (χ1) is 13.5. The fourth-order valence-corrected chi connectivity index (χ4v) is 3.35. The van der Waals surface area contributed by atoms with Gasteiger partial charge in [0.15, 0.2) is 0 Å². The van der Waals surface area contributed by atoms with E-state index in [1.165, 1.54) is 7.11 Å². The Hall–Kier alpha value is -2.93. The number of rotatable bonds is 4. The third-order valence-electron chi connectivity index (χ3n) is 4.85. The van der Waals surface area contributed by atoms with Crippen LogP contribution in [0, 0.1) is 5.92 Å². The number of nitrogens with zero attached hydrogens (tertiary/aromatic N) is 2. The summed E-state index contributed by atoms with van der Waals surface area (Å²) in [6.45, 7) is 1.90. The van der Waals surface area contributed by atoms with Crippen molar-refractivity contribution in [1.82, 2.24) is 15.3 Å². The lowest BCUT2D eigenvalue weighted by Gasteiger charge is -2.20. The molecule has 144 valence electrons. The summed E-state index contributed by atoms with van der Waals surface area (Å²) in [5.74, 6) is 0.204. The molecule has 2 aromatic rings. The molecule has 1 atom stereocenters. The van der Waals surface area contributed by atoms with E-state index < -0.39 is 6.04 Å². The van der Waals surface area contributed by atoms with Crippen molar-refractivity contribution < 1.29 is 14.3 Å². The molecular weight excluding hydrogens is 380 g/mol. The second-order valence-corrected chi connectivity index (χ2v) is 7.29. The van der Waals surface area contributed by atoms with Crippen LogP contribution in [0.4, 0.5) is 5.82 Å². The summed E-state index contributed by atoms with van der Waals surface area (Å²) >= 11 is 6.42. The zero-order valence-corrected chi connectivity index (χ0v) is 16.2. The average Bonchev–Trinajstić information content (AvgIpc) is 3.53. The number of carbonyl (C=O) groups excluding carboxylic acids is 2. The zero-order chi connectivity index (χ0) is 19.8. The number of fused-ring (bicyclic) bond motifs is 1. The highest BCUT2D eigenvalue weighted by Crippen LogP contribution is 2.32. The fraction of sp³-hybridized carbons (Fsp3) is 0.300. The van der Waals surface area contributed by atoms with Crippen LogP contribution in [-0.4, -0.2) is 35.0 Å². The number of aromatic nitrogens is 2. The number of nitrogens with one attached hydrogen (secondary N) is 2. The minimum absolute atomic E-state index is 0.00749. The maximum Gasteiger partial charge on any atom is 0.332 e. The molecular formula is C20H19ClN4O3. The standard InChI is InChI=1S/C20H19ClN4O3/c1-10-5-16(20(27)28-2)22-9-14(10)15-6-12-8-23-17(7-13(12)18(21)24-15)25-19(26)11-3-4-11/h5-9,11,16,22H,3-4H2,1-2H3,(H,23,25,26). The number of hydrogen-bond donors (Lipinski definition) is 2. The molecule has 2 aromatic heterocycles. The lowest BCUT2D eigenvalue weighted by Crippen LogP contribution is -2.34. The highest BCUT2D eigenvalue weighted by atomic mass is 35.5. The topological polar surface area (TPSA) is 93.2 Å². The molecule has 1 saturated carbocycles. The Morgan fingerprint density at radius 1 is 1.32 bits per heavy atom. The second kappa shape index (κ2) is 7.24. The van der Waals surface area contributed by atoms with Crippen LogP contribution in [0.25, 0.3) is 16.3 Å². The number of methoxy groups -OCH3 is 1. The van der Waals surface area contributed by atoms with E-state index in [4.69, 9.17) is 16.3 Å². The van der Waals surface area contributed by atoms with Crippen LogP contribution in [0.15, 0.2) is 36.2 Å². The predicted molar refractivity (Wildman–Crippen MR) is 107 cm³/mol. The molecule has 1 aliphatic heterocycles. The summed E-state index contributed by atoms with van der Waals surface area (Å²) in [6.07, 6.45) is 7.05. The minimum Gasteiger partial charge on any atom is -0.467 e. The van der Waals surface area contributed by atoms with Gasteiger partial charge in [-0.25, -0.2) is 14.8 Å². The number of hydrogen-bond acceptors (Lipinski definition) is 6. The summed E-state index contributed by atoms with van der Waals surface area (Å²) in [4.78, 5) is 32.5. The molecule has 1 aliphatic carbocycles. The molecule has 4 rings (SSSR count). The molecule has 1 unspecified atom stereocenters. The van der Waals surface area contributed by atoms with E-state index in [-0.39, 0.29) is 17.8 Å². The Kier molecular flexibility index (Phi) is 4.77. The molecule has 2 N–H and O–H groups in total. The number of amides is 1. The molecule has 28 heavy (non-hydrogen) atoms. The lowest BCUT2D eigenvalue weighted by atomic mass is 9.98. The predicted octanol–water partition coefficient (Wildman–Crippen LogP) is 3.06. The van der Waals surface area contributed by atoms with Crippen LogP contribution >= 0.6 is 11.6 Å². The zero-order valence-electron chi connectivity index (χ0n) is 15.5. The maximum absolute atomic E-state index is 11.9. The smallest absolute Gasteiger partial charge is 0.332 e. The molecule has 1 amide bonds. The molecule has 7 nitrogen and oxygen atoms in total. The minimum atomic E-state index is -0.524. The van der Waals surface area contributed by atoms with Crippen LogP contribution in [0.3, 0.4) is 0 Å². The average molecular weight is 399 g/mol. The third-order valence-corrected chi connectivity index (χ3v) is 5.14. The fourth-order valence-electron chi connectivity index (χ4n) is 3.10. The van der Waals surface area contributed by atoms with Crippen LogP contribution in [-0.2, 0) is 14.3 Å². The Morgan fingerprint density at radius 2 is 2.11 bits per heavy atom. The highest BCUT2D eigenvalue weighted by Gasteiger charge is 2.30. The van der Waals surface area contributed by atoms with Crippen molar-refractivity contribution in [2.75, 3.05) is 12.4 Å². The van der Waals surface area contributed by atoms with Crippen molar-refractivity contribution >= 4 is 45.6 Å². The van der Waals surface area contributed by atoms with Gasteiger partial charge in [-0.2, -0.15) is 0 Å². The molecule has 8 heteroatoms. The Labute approximate surface area is 166 Å². The first-order valence-corrected chi connectivity index (χ1v) is 9.34. The van der Waals surface area contributed by atoms with Gasteiger partial charge in [0, 0.05) is 34.7 Å². The molecule has 1 fully saturated rings. The number of dihydropyridines is 1. The first-order valence-electron chi connectivity index (χ1n) is 8.96. The summed E-state index contributed by atoms with van der Waals surface area (Å²) in [7, 11) is 1.35. The second-order valence-electron chi connectivity index (χ2n) is 6.93. The number of pyridine rings is 2. The van der Waals surface area contributed by atoms with Gasteiger partial charge in [0.25, 0.3) is 0 Å². The SMILES string of the molecule is COC(=O)C1C=C(C)C(c2cc3cnc(NC(=O)C4CC4)cc3c(Cl)n2)=CN1. The van der Waals surface area contributed by atoms with E-state index in [1.807, 2.05) is 13.0 Å². The van der Waals surface area contributed by atoms with Crippen molar-refractivity contribution in [1.29, 1.82) is 0 Å². The highest BCUT2D eigenvalue weighted by molar-refractivity contribution is 6.34. The Bertz CT molecular complexity index is 1040. The van der Waals surface area contributed by atoms with Crippen molar-refractivity contribution in [3.05, 3.63) is 47.0 Å². The maximum atomic E-state index is 11.9. The molecule has 2 aliphatic rings. The molecule has 0 bridgehead atoms. The number of allylic oxidation sites excluding steroid dienone is 2. The van der Waals surface area contributed by atoms with Gasteiger partial charge in [0.05, 0.1) is 12.8 Å². The van der Waals surface area contributed by atoms with Gasteiger partial charge in [-0.1, -0.05) is 11.6 Å². The van der Waals surface area contributed by atoms with Crippen LogP contribution in [0.5, 0.6) is 0 Å². The van der Waals surface area contributed by atoms with E-state index in [0.29, 0.717) is 22.1 Å².